The molecule has 2 aromatic heterocycles. The number of aromatic nitrogens is 2. The minimum absolute atomic E-state index is 0.0672. The minimum Gasteiger partial charge on any atom is -0.455 e. The van der Waals surface area contributed by atoms with E-state index in [1.54, 1.807) is 6.33 Å². The number of fused-ring (bicyclic) bond motifs is 3. The molecular weight excluding hydrogens is 572 g/mol. The number of hydrogen-bond donors (Lipinski definition) is 0. The molecule has 47 heavy (non-hydrogen) atoms. The molecular formula is C44H50N2O. The molecule has 6 rings (SSSR count). The van der Waals surface area contributed by atoms with E-state index in [9.17, 15) is 0 Å². The van der Waals surface area contributed by atoms with Crippen LogP contribution in [-0.2, 0) is 21.7 Å². The lowest BCUT2D eigenvalue weighted by atomic mass is 9.79. The van der Waals surface area contributed by atoms with E-state index in [0.717, 1.165) is 50.0 Å². The van der Waals surface area contributed by atoms with Crippen molar-refractivity contribution in [1.29, 1.82) is 0 Å². The van der Waals surface area contributed by atoms with E-state index in [0.29, 0.717) is 0 Å². The lowest BCUT2D eigenvalue weighted by Crippen LogP contribution is -2.16. The SMILES string of the molecule is CC(C)(C)c1cc(-c2ccc(-c3cccc4c3oc3c(-c5cc(C(C)(C)C)ncn5)ccc(C(C)(C)C)c34)cc2)cc(C(C)(C)C)c1. The zero-order chi connectivity index (χ0) is 34.1. The Bertz CT molecular complexity index is 2070. The van der Waals surface area contributed by atoms with Gasteiger partial charge in [0.1, 0.15) is 17.5 Å². The first-order valence-corrected chi connectivity index (χ1v) is 16.9. The molecule has 242 valence electrons. The van der Waals surface area contributed by atoms with E-state index in [-0.39, 0.29) is 21.7 Å². The van der Waals surface area contributed by atoms with Gasteiger partial charge in [-0.15, -0.1) is 0 Å². The maximum Gasteiger partial charge on any atom is 0.145 e. The van der Waals surface area contributed by atoms with Crippen LogP contribution in [0.1, 0.15) is 105 Å². The molecule has 0 aliphatic carbocycles. The first-order valence-electron chi connectivity index (χ1n) is 16.9. The molecule has 0 saturated heterocycles. The van der Waals surface area contributed by atoms with Crippen LogP contribution < -0.4 is 0 Å². The van der Waals surface area contributed by atoms with Gasteiger partial charge in [-0.05, 0) is 61.8 Å². The van der Waals surface area contributed by atoms with Gasteiger partial charge in [0.15, 0.2) is 0 Å². The Kier molecular flexibility index (Phi) is 7.78. The molecule has 0 N–H and O–H groups in total. The van der Waals surface area contributed by atoms with Crippen molar-refractivity contribution in [3.63, 3.8) is 0 Å². The fourth-order valence-corrected chi connectivity index (χ4v) is 6.37. The number of para-hydroxylation sites is 1. The first-order chi connectivity index (χ1) is 21.8. The van der Waals surface area contributed by atoms with Crippen LogP contribution >= 0.6 is 0 Å². The Morgan fingerprint density at radius 1 is 0.489 bits per heavy atom. The fourth-order valence-electron chi connectivity index (χ4n) is 6.37. The average Bonchev–Trinajstić information content (AvgIpc) is 3.38. The molecule has 0 fully saturated rings. The number of nitrogens with zero attached hydrogens (tertiary/aromatic N) is 2. The van der Waals surface area contributed by atoms with E-state index >= 15 is 0 Å². The molecule has 0 amide bonds. The summed E-state index contributed by atoms with van der Waals surface area (Å²) < 4.78 is 6.95. The summed E-state index contributed by atoms with van der Waals surface area (Å²) >= 11 is 0. The second-order valence-corrected chi connectivity index (χ2v) is 17.3. The third-order valence-electron chi connectivity index (χ3n) is 9.36. The van der Waals surface area contributed by atoms with Gasteiger partial charge in [-0.3, -0.25) is 0 Å². The van der Waals surface area contributed by atoms with Crippen LogP contribution in [0.25, 0.3) is 55.4 Å². The van der Waals surface area contributed by atoms with Gasteiger partial charge in [0.25, 0.3) is 0 Å². The van der Waals surface area contributed by atoms with E-state index < -0.39 is 0 Å². The summed E-state index contributed by atoms with van der Waals surface area (Å²) in [6.45, 7) is 27.1. The smallest absolute Gasteiger partial charge is 0.145 e. The third-order valence-corrected chi connectivity index (χ3v) is 9.36. The van der Waals surface area contributed by atoms with Crippen LogP contribution in [-0.4, -0.2) is 9.97 Å². The molecule has 0 aliphatic heterocycles. The third kappa shape index (κ3) is 6.25. The quantitative estimate of drug-likeness (QED) is 0.197. The lowest BCUT2D eigenvalue weighted by molar-refractivity contribution is 0.567. The molecule has 0 bridgehead atoms. The van der Waals surface area contributed by atoms with Gasteiger partial charge < -0.3 is 4.42 Å². The van der Waals surface area contributed by atoms with E-state index in [1.807, 2.05) is 0 Å². The van der Waals surface area contributed by atoms with E-state index in [2.05, 4.69) is 167 Å². The molecule has 6 aromatic rings. The minimum atomic E-state index is -0.0856. The highest BCUT2D eigenvalue weighted by molar-refractivity contribution is 6.14. The molecule has 0 aliphatic rings. The molecule has 4 aromatic carbocycles. The number of rotatable bonds is 3. The van der Waals surface area contributed by atoms with Gasteiger partial charge >= 0.3 is 0 Å². The standard InChI is InChI=1S/C44H50N2O/c1-41(2,3)30-22-29(23-31(24-30)42(4,5)6)27-16-18-28(19-17-27)32-14-13-15-34-38-35(43(7,8)9)21-20-33(40(38)47-39(32)34)36-25-37(44(10,11)12)46-26-45-36/h13-26H,1-12H3. The number of benzene rings is 4. The van der Waals surface area contributed by atoms with Gasteiger partial charge in [-0.25, -0.2) is 9.97 Å². The monoisotopic (exact) mass is 622 g/mol. The van der Waals surface area contributed by atoms with Crippen molar-refractivity contribution in [2.24, 2.45) is 0 Å². The highest BCUT2D eigenvalue weighted by Gasteiger charge is 2.26. The van der Waals surface area contributed by atoms with Crippen LogP contribution in [0.2, 0.25) is 0 Å². The number of hydrogen-bond acceptors (Lipinski definition) is 3. The summed E-state index contributed by atoms with van der Waals surface area (Å²) in [5.74, 6) is 0. The summed E-state index contributed by atoms with van der Waals surface area (Å²) in [6.07, 6.45) is 1.68. The predicted molar refractivity (Wildman–Crippen MR) is 200 cm³/mol. The Morgan fingerprint density at radius 2 is 1.11 bits per heavy atom. The van der Waals surface area contributed by atoms with Crippen LogP contribution in [0.15, 0.2) is 89.6 Å². The van der Waals surface area contributed by atoms with Crippen molar-refractivity contribution >= 4 is 21.9 Å². The summed E-state index contributed by atoms with van der Waals surface area (Å²) in [7, 11) is 0. The zero-order valence-corrected chi connectivity index (χ0v) is 30.4. The zero-order valence-electron chi connectivity index (χ0n) is 30.4. The van der Waals surface area contributed by atoms with Crippen LogP contribution in [0.3, 0.4) is 0 Å². The van der Waals surface area contributed by atoms with Gasteiger partial charge in [0, 0.05) is 33.0 Å². The van der Waals surface area contributed by atoms with Crippen molar-refractivity contribution in [1.82, 2.24) is 9.97 Å². The largest absolute Gasteiger partial charge is 0.455 e. The van der Waals surface area contributed by atoms with Crippen LogP contribution in [0.4, 0.5) is 0 Å². The van der Waals surface area contributed by atoms with Crippen LogP contribution in [0.5, 0.6) is 0 Å². The Labute approximate surface area is 281 Å². The van der Waals surface area contributed by atoms with E-state index in [4.69, 9.17) is 9.40 Å². The maximum atomic E-state index is 6.95. The Hall–Kier alpha value is -4.24. The summed E-state index contributed by atoms with van der Waals surface area (Å²) in [5.41, 5.74) is 13.3. The van der Waals surface area contributed by atoms with Crippen molar-refractivity contribution < 1.29 is 4.42 Å². The van der Waals surface area contributed by atoms with Crippen molar-refractivity contribution in [3.8, 4) is 33.5 Å². The lowest BCUT2D eigenvalue weighted by Gasteiger charge is -2.26. The molecule has 0 spiro atoms. The summed E-state index contributed by atoms with van der Waals surface area (Å²) in [6, 6.07) is 29.2. The molecule has 2 heterocycles. The number of furan rings is 1. The fraction of sp³-hybridized carbons (Fsp3) is 0.364. The first kappa shape index (κ1) is 32.7. The second kappa shape index (κ2) is 11.2. The average molecular weight is 623 g/mol. The van der Waals surface area contributed by atoms with Gasteiger partial charge in [0.2, 0.25) is 0 Å². The summed E-state index contributed by atoms with van der Waals surface area (Å²) in [4.78, 5) is 9.32. The molecule has 0 unspecified atom stereocenters. The van der Waals surface area contributed by atoms with Gasteiger partial charge in [-0.1, -0.05) is 150 Å². The summed E-state index contributed by atoms with van der Waals surface area (Å²) in [5, 5.41) is 2.29. The highest BCUT2D eigenvalue weighted by atomic mass is 16.3. The predicted octanol–water partition coefficient (Wildman–Crippen LogP) is 12.6. The normalized spacial score (nSPS) is 13.1. The molecule has 0 saturated carbocycles. The van der Waals surface area contributed by atoms with Crippen LogP contribution in [0, 0.1) is 0 Å². The second-order valence-electron chi connectivity index (χ2n) is 17.3. The van der Waals surface area contributed by atoms with Gasteiger partial charge in [-0.2, -0.15) is 0 Å². The Morgan fingerprint density at radius 3 is 1.68 bits per heavy atom. The van der Waals surface area contributed by atoms with Crippen molar-refractivity contribution in [2.75, 3.05) is 0 Å². The van der Waals surface area contributed by atoms with Crippen molar-refractivity contribution in [2.45, 2.75) is 105 Å². The van der Waals surface area contributed by atoms with E-state index in [1.165, 1.54) is 27.8 Å². The highest BCUT2D eigenvalue weighted by Crippen LogP contribution is 2.44. The molecule has 0 radical (unpaired) electrons. The topological polar surface area (TPSA) is 38.9 Å². The van der Waals surface area contributed by atoms with Crippen molar-refractivity contribution in [3.05, 3.63) is 108 Å². The molecule has 3 heteroatoms. The molecule has 3 nitrogen and oxygen atoms in total. The van der Waals surface area contributed by atoms with Gasteiger partial charge in [0.05, 0.1) is 5.69 Å². The molecule has 0 atom stereocenters. The Balaban J connectivity index is 1.52. The maximum absolute atomic E-state index is 6.95.